The summed E-state index contributed by atoms with van der Waals surface area (Å²) in [5.74, 6) is 1.35. The van der Waals surface area contributed by atoms with E-state index in [1.807, 2.05) is 24.3 Å². The molecule has 104 valence electrons. The fraction of sp³-hybridized carbons (Fsp3) is 0.562. The lowest BCUT2D eigenvalue weighted by Crippen LogP contribution is -2.44. The van der Waals surface area contributed by atoms with Crippen molar-refractivity contribution in [1.82, 2.24) is 5.32 Å². The van der Waals surface area contributed by atoms with Crippen molar-refractivity contribution in [2.75, 3.05) is 0 Å². The minimum absolute atomic E-state index is 0.0857. The van der Waals surface area contributed by atoms with Gasteiger partial charge < -0.3 is 5.32 Å². The van der Waals surface area contributed by atoms with Gasteiger partial charge >= 0.3 is 0 Å². The summed E-state index contributed by atoms with van der Waals surface area (Å²) in [5.41, 5.74) is 0.802. The number of hydrogen-bond acceptors (Lipinski definition) is 1. The third-order valence-electron chi connectivity index (χ3n) is 4.11. The summed E-state index contributed by atoms with van der Waals surface area (Å²) >= 11 is 2.23. The standard InChI is InChI=1S/C16H22INO/c1-11(2)12-7-4-6-10-15(12)18-16(19)13-8-3-5-9-14(13)17/h3,5,8-9,11-12,15H,4,6-7,10H2,1-2H3,(H,18,19). The van der Waals surface area contributed by atoms with E-state index in [-0.39, 0.29) is 5.91 Å². The molecule has 0 saturated heterocycles. The molecule has 19 heavy (non-hydrogen) atoms. The van der Waals surface area contributed by atoms with E-state index in [0.717, 1.165) is 15.6 Å². The molecule has 1 aliphatic carbocycles. The van der Waals surface area contributed by atoms with Crippen LogP contribution < -0.4 is 5.32 Å². The summed E-state index contributed by atoms with van der Waals surface area (Å²) in [6.07, 6.45) is 4.91. The molecule has 0 spiro atoms. The van der Waals surface area contributed by atoms with Gasteiger partial charge in [-0.1, -0.05) is 38.8 Å². The highest BCUT2D eigenvalue weighted by Crippen LogP contribution is 2.30. The monoisotopic (exact) mass is 371 g/mol. The molecule has 3 heteroatoms. The largest absolute Gasteiger partial charge is 0.349 e. The Balaban J connectivity index is 2.07. The molecule has 0 aliphatic heterocycles. The highest BCUT2D eigenvalue weighted by Gasteiger charge is 2.29. The lowest BCUT2D eigenvalue weighted by atomic mass is 9.78. The van der Waals surface area contributed by atoms with Crippen LogP contribution in [-0.2, 0) is 0 Å². The number of rotatable bonds is 3. The molecule has 1 aromatic rings. The molecule has 1 amide bonds. The van der Waals surface area contributed by atoms with Gasteiger partial charge in [-0.25, -0.2) is 0 Å². The fourth-order valence-corrected chi connectivity index (χ4v) is 3.66. The van der Waals surface area contributed by atoms with Crippen molar-refractivity contribution in [2.24, 2.45) is 11.8 Å². The Labute approximate surface area is 129 Å². The predicted molar refractivity (Wildman–Crippen MR) is 87.2 cm³/mol. The van der Waals surface area contributed by atoms with Crippen LogP contribution in [0.5, 0.6) is 0 Å². The molecule has 2 unspecified atom stereocenters. The second-order valence-electron chi connectivity index (χ2n) is 5.75. The van der Waals surface area contributed by atoms with E-state index in [1.165, 1.54) is 19.3 Å². The van der Waals surface area contributed by atoms with Gasteiger partial charge in [0.1, 0.15) is 0 Å². The van der Waals surface area contributed by atoms with Crippen LogP contribution in [-0.4, -0.2) is 11.9 Å². The number of benzene rings is 1. The molecule has 1 fully saturated rings. The Kier molecular flexibility index (Phi) is 5.25. The van der Waals surface area contributed by atoms with Gasteiger partial charge in [-0.15, -0.1) is 0 Å². The lowest BCUT2D eigenvalue weighted by molar-refractivity contribution is 0.0888. The molecule has 1 aliphatic rings. The zero-order chi connectivity index (χ0) is 13.8. The Bertz CT molecular complexity index is 444. The van der Waals surface area contributed by atoms with Crippen LogP contribution >= 0.6 is 22.6 Å². The average molecular weight is 371 g/mol. The maximum absolute atomic E-state index is 12.4. The van der Waals surface area contributed by atoms with Crippen molar-refractivity contribution in [1.29, 1.82) is 0 Å². The summed E-state index contributed by atoms with van der Waals surface area (Å²) < 4.78 is 1.02. The third-order valence-corrected chi connectivity index (χ3v) is 5.05. The smallest absolute Gasteiger partial charge is 0.252 e. The van der Waals surface area contributed by atoms with Crippen molar-refractivity contribution < 1.29 is 4.79 Å². The van der Waals surface area contributed by atoms with E-state index in [0.29, 0.717) is 17.9 Å². The molecule has 1 aromatic carbocycles. The number of nitrogens with one attached hydrogen (secondary N) is 1. The first-order chi connectivity index (χ1) is 9.09. The topological polar surface area (TPSA) is 29.1 Å². The van der Waals surface area contributed by atoms with Crippen LogP contribution in [0.3, 0.4) is 0 Å². The average Bonchev–Trinajstić information content (AvgIpc) is 2.39. The zero-order valence-corrected chi connectivity index (χ0v) is 13.8. The van der Waals surface area contributed by atoms with Crippen molar-refractivity contribution in [3.05, 3.63) is 33.4 Å². The Morgan fingerprint density at radius 2 is 1.95 bits per heavy atom. The van der Waals surface area contributed by atoms with Crippen molar-refractivity contribution >= 4 is 28.5 Å². The summed E-state index contributed by atoms with van der Waals surface area (Å²) in [7, 11) is 0. The molecule has 1 N–H and O–H groups in total. The summed E-state index contributed by atoms with van der Waals surface area (Å²) in [4.78, 5) is 12.4. The maximum Gasteiger partial charge on any atom is 0.252 e. The van der Waals surface area contributed by atoms with Crippen molar-refractivity contribution in [3.63, 3.8) is 0 Å². The van der Waals surface area contributed by atoms with E-state index in [1.54, 1.807) is 0 Å². The van der Waals surface area contributed by atoms with E-state index in [2.05, 4.69) is 41.8 Å². The van der Waals surface area contributed by atoms with Gasteiger partial charge in [0.25, 0.3) is 5.91 Å². The number of carbonyl (C=O) groups is 1. The molecule has 2 nitrogen and oxygen atoms in total. The SMILES string of the molecule is CC(C)C1CCCCC1NC(=O)c1ccccc1I. The molecule has 1 saturated carbocycles. The van der Waals surface area contributed by atoms with Crippen LogP contribution in [0.1, 0.15) is 49.9 Å². The normalized spacial score (nSPS) is 23.4. The number of carbonyl (C=O) groups excluding carboxylic acids is 1. The molecule has 0 bridgehead atoms. The van der Waals surface area contributed by atoms with Gasteiger partial charge in [-0.05, 0) is 59.4 Å². The molecular weight excluding hydrogens is 349 g/mol. The summed E-state index contributed by atoms with van der Waals surface area (Å²) in [6, 6.07) is 8.13. The van der Waals surface area contributed by atoms with Crippen LogP contribution in [0.25, 0.3) is 0 Å². The quantitative estimate of drug-likeness (QED) is 0.792. The Morgan fingerprint density at radius 3 is 2.63 bits per heavy atom. The van der Waals surface area contributed by atoms with E-state index in [4.69, 9.17) is 0 Å². The van der Waals surface area contributed by atoms with Crippen LogP contribution in [0.2, 0.25) is 0 Å². The van der Waals surface area contributed by atoms with Gasteiger partial charge in [0.05, 0.1) is 5.56 Å². The first-order valence-electron chi connectivity index (χ1n) is 7.15. The minimum atomic E-state index is 0.0857. The van der Waals surface area contributed by atoms with Gasteiger partial charge in [0.2, 0.25) is 0 Å². The summed E-state index contributed by atoms with van der Waals surface area (Å²) in [5, 5.41) is 3.26. The molecule has 0 aromatic heterocycles. The minimum Gasteiger partial charge on any atom is -0.349 e. The van der Waals surface area contributed by atoms with E-state index in [9.17, 15) is 4.79 Å². The molecule has 0 heterocycles. The van der Waals surface area contributed by atoms with Gasteiger partial charge in [0.15, 0.2) is 0 Å². The molecule has 2 atom stereocenters. The predicted octanol–water partition coefficient (Wildman–Crippen LogP) is 4.24. The second kappa shape index (κ2) is 6.73. The molecule has 2 rings (SSSR count). The maximum atomic E-state index is 12.4. The van der Waals surface area contributed by atoms with Crippen molar-refractivity contribution in [3.8, 4) is 0 Å². The Hall–Kier alpha value is -0.580. The van der Waals surface area contributed by atoms with Gasteiger partial charge in [-0.2, -0.15) is 0 Å². The first kappa shape index (κ1) is 14.8. The number of halogens is 1. The Morgan fingerprint density at radius 1 is 1.26 bits per heavy atom. The van der Waals surface area contributed by atoms with Crippen LogP contribution in [0.15, 0.2) is 24.3 Å². The fourth-order valence-electron chi connectivity index (χ4n) is 3.03. The zero-order valence-electron chi connectivity index (χ0n) is 11.7. The van der Waals surface area contributed by atoms with Gasteiger partial charge in [0, 0.05) is 9.61 Å². The van der Waals surface area contributed by atoms with Crippen LogP contribution in [0.4, 0.5) is 0 Å². The molecular formula is C16H22INO. The van der Waals surface area contributed by atoms with E-state index >= 15 is 0 Å². The van der Waals surface area contributed by atoms with Crippen LogP contribution in [0, 0.1) is 15.4 Å². The second-order valence-corrected chi connectivity index (χ2v) is 6.91. The highest BCUT2D eigenvalue weighted by molar-refractivity contribution is 14.1. The third kappa shape index (κ3) is 3.71. The number of hydrogen-bond donors (Lipinski definition) is 1. The number of amides is 1. The highest BCUT2D eigenvalue weighted by atomic mass is 127. The summed E-state index contributed by atoms with van der Waals surface area (Å²) in [6.45, 7) is 4.53. The van der Waals surface area contributed by atoms with Crippen molar-refractivity contribution in [2.45, 2.75) is 45.6 Å². The molecule has 0 radical (unpaired) electrons. The van der Waals surface area contributed by atoms with E-state index < -0.39 is 0 Å². The lowest BCUT2D eigenvalue weighted by Gasteiger charge is -2.35. The first-order valence-corrected chi connectivity index (χ1v) is 8.23. The van der Waals surface area contributed by atoms with Gasteiger partial charge in [-0.3, -0.25) is 4.79 Å².